The van der Waals surface area contributed by atoms with Crippen molar-refractivity contribution in [1.82, 2.24) is 4.90 Å². The summed E-state index contributed by atoms with van der Waals surface area (Å²) in [7, 11) is 1.67. The lowest BCUT2D eigenvalue weighted by Gasteiger charge is -2.44. The Morgan fingerprint density at radius 2 is 1.84 bits per heavy atom. The van der Waals surface area contributed by atoms with Gasteiger partial charge in [-0.1, -0.05) is 55.8 Å². The normalized spacial score (nSPS) is 21.2. The van der Waals surface area contributed by atoms with Gasteiger partial charge in [-0.2, -0.15) is 0 Å². The first-order chi connectivity index (χ1) is 14.8. The van der Waals surface area contributed by atoms with Crippen molar-refractivity contribution in [2.75, 3.05) is 20.3 Å². The van der Waals surface area contributed by atoms with Gasteiger partial charge >= 0.3 is 0 Å². The molecule has 1 saturated heterocycles. The summed E-state index contributed by atoms with van der Waals surface area (Å²) in [4.78, 5) is 14.4. The Hall–Kier alpha value is -2.33. The van der Waals surface area contributed by atoms with Crippen LogP contribution in [0, 0.1) is 12.8 Å². The van der Waals surface area contributed by atoms with Gasteiger partial charge in [-0.3, -0.25) is 4.79 Å². The van der Waals surface area contributed by atoms with E-state index in [1.165, 1.54) is 11.1 Å². The van der Waals surface area contributed by atoms with Gasteiger partial charge in [0.15, 0.2) is 0 Å². The molecule has 168 valence electrons. The molecule has 1 amide bonds. The largest absolute Gasteiger partial charge is 0.497 e. The zero-order valence-corrected chi connectivity index (χ0v) is 19.7. The molecule has 0 unspecified atom stereocenters. The summed E-state index contributed by atoms with van der Waals surface area (Å²) in [6, 6.07) is 16.9. The molecular formula is C27H37NO3. The van der Waals surface area contributed by atoms with E-state index < -0.39 is 0 Å². The van der Waals surface area contributed by atoms with Crippen molar-refractivity contribution in [3.05, 3.63) is 65.2 Å². The molecule has 2 aromatic carbocycles. The topological polar surface area (TPSA) is 38.8 Å². The second kappa shape index (κ2) is 10.3. The number of rotatable bonds is 8. The molecule has 0 N–H and O–H groups in total. The minimum absolute atomic E-state index is 0.0362. The first-order valence-corrected chi connectivity index (χ1v) is 11.4. The van der Waals surface area contributed by atoms with Crippen molar-refractivity contribution < 1.29 is 14.3 Å². The second-order valence-corrected chi connectivity index (χ2v) is 9.29. The quantitative estimate of drug-likeness (QED) is 0.561. The molecule has 1 heterocycles. The van der Waals surface area contributed by atoms with Gasteiger partial charge in [0.1, 0.15) is 5.75 Å². The van der Waals surface area contributed by atoms with Gasteiger partial charge in [0.25, 0.3) is 0 Å². The minimum atomic E-state index is 0.0362. The minimum Gasteiger partial charge on any atom is -0.497 e. The summed E-state index contributed by atoms with van der Waals surface area (Å²) in [6.07, 6.45) is 3.19. The molecule has 4 nitrogen and oxygen atoms in total. The molecule has 3 rings (SSSR count). The molecule has 0 bridgehead atoms. The summed E-state index contributed by atoms with van der Waals surface area (Å²) in [5.41, 5.74) is 3.80. The summed E-state index contributed by atoms with van der Waals surface area (Å²) in [5, 5.41) is 0. The van der Waals surface area contributed by atoms with Crippen LogP contribution in [-0.4, -0.2) is 37.2 Å². The highest BCUT2D eigenvalue weighted by molar-refractivity contribution is 5.73. The van der Waals surface area contributed by atoms with Crippen molar-refractivity contribution in [3.63, 3.8) is 0 Å². The number of benzene rings is 2. The van der Waals surface area contributed by atoms with E-state index in [-0.39, 0.29) is 17.4 Å². The highest BCUT2D eigenvalue weighted by Crippen LogP contribution is 2.42. The van der Waals surface area contributed by atoms with Crippen molar-refractivity contribution in [1.29, 1.82) is 0 Å². The van der Waals surface area contributed by atoms with Crippen LogP contribution in [0.15, 0.2) is 48.5 Å². The van der Waals surface area contributed by atoms with Crippen molar-refractivity contribution in [3.8, 4) is 5.75 Å². The summed E-state index contributed by atoms with van der Waals surface area (Å²) in [5.74, 6) is 1.43. The first-order valence-electron chi connectivity index (χ1n) is 11.4. The predicted octanol–water partition coefficient (Wildman–Crippen LogP) is 5.52. The van der Waals surface area contributed by atoms with E-state index in [2.05, 4.69) is 45.0 Å². The Labute approximate surface area is 187 Å². The molecule has 0 aromatic heterocycles. The second-order valence-electron chi connectivity index (χ2n) is 9.29. The molecule has 1 aliphatic heterocycles. The monoisotopic (exact) mass is 423 g/mol. The average Bonchev–Trinajstić information content (AvgIpc) is 2.77. The van der Waals surface area contributed by atoms with Crippen LogP contribution >= 0.6 is 0 Å². The third-order valence-corrected chi connectivity index (χ3v) is 6.75. The van der Waals surface area contributed by atoms with Gasteiger partial charge < -0.3 is 14.4 Å². The van der Waals surface area contributed by atoms with Gasteiger partial charge in [-0.25, -0.2) is 0 Å². The van der Waals surface area contributed by atoms with Crippen LogP contribution in [0.4, 0.5) is 0 Å². The molecular weight excluding hydrogens is 386 g/mol. The maximum atomic E-state index is 12.5. The molecule has 0 spiro atoms. The van der Waals surface area contributed by atoms with E-state index in [9.17, 15) is 4.79 Å². The van der Waals surface area contributed by atoms with Gasteiger partial charge in [0, 0.05) is 32.0 Å². The van der Waals surface area contributed by atoms with E-state index in [0.717, 1.165) is 43.7 Å². The Morgan fingerprint density at radius 1 is 1.16 bits per heavy atom. The third kappa shape index (κ3) is 5.88. The maximum absolute atomic E-state index is 12.5. The Morgan fingerprint density at radius 3 is 2.42 bits per heavy atom. The number of amides is 1. The lowest BCUT2D eigenvalue weighted by Crippen LogP contribution is -2.43. The third-order valence-electron chi connectivity index (χ3n) is 6.75. The van der Waals surface area contributed by atoms with Gasteiger partial charge in [-0.05, 0) is 55.4 Å². The molecule has 1 fully saturated rings. The molecule has 4 heteroatoms. The Balaban J connectivity index is 1.80. The molecule has 0 aliphatic carbocycles. The van der Waals surface area contributed by atoms with Gasteiger partial charge in [0.2, 0.25) is 5.91 Å². The fourth-order valence-corrected chi connectivity index (χ4v) is 4.57. The van der Waals surface area contributed by atoms with Crippen LogP contribution in [0.3, 0.4) is 0 Å². The van der Waals surface area contributed by atoms with Crippen molar-refractivity contribution in [2.24, 2.45) is 5.92 Å². The van der Waals surface area contributed by atoms with Crippen LogP contribution in [0.5, 0.6) is 5.75 Å². The van der Waals surface area contributed by atoms with Crippen LogP contribution in [0.2, 0.25) is 0 Å². The van der Waals surface area contributed by atoms with Gasteiger partial charge in [0.05, 0.1) is 13.2 Å². The van der Waals surface area contributed by atoms with Gasteiger partial charge in [-0.15, -0.1) is 0 Å². The molecule has 0 saturated carbocycles. The van der Waals surface area contributed by atoms with E-state index >= 15 is 0 Å². The maximum Gasteiger partial charge on any atom is 0.219 e. The number of aryl methyl sites for hydroxylation is 1. The van der Waals surface area contributed by atoms with E-state index in [1.807, 2.05) is 29.2 Å². The molecule has 2 aromatic rings. The highest BCUT2D eigenvalue weighted by Gasteiger charge is 2.39. The zero-order chi connectivity index (χ0) is 22.4. The number of carbonyl (C=O) groups is 1. The standard InChI is InChI=1S/C27H37NO3/c1-20(2)26-18-27(15-17-31-26,24-10-6-21(3)7-11-24)14-16-28(22(4)29)19-23-8-12-25(30-5)13-9-23/h6-13,20,26H,14-19H2,1-5H3/t26-,27+/m1/s1. The van der Waals surface area contributed by atoms with E-state index in [1.54, 1.807) is 14.0 Å². The number of methoxy groups -OCH3 is 1. The summed E-state index contributed by atoms with van der Waals surface area (Å²) in [6.45, 7) is 10.4. The van der Waals surface area contributed by atoms with Crippen LogP contribution in [0.1, 0.15) is 56.7 Å². The van der Waals surface area contributed by atoms with E-state index in [0.29, 0.717) is 12.5 Å². The zero-order valence-electron chi connectivity index (χ0n) is 19.7. The van der Waals surface area contributed by atoms with E-state index in [4.69, 9.17) is 9.47 Å². The van der Waals surface area contributed by atoms with Crippen LogP contribution < -0.4 is 4.74 Å². The fourth-order valence-electron chi connectivity index (χ4n) is 4.57. The van der Waals surface area contributed by atoms with Crippen molar-refractivity contribution in [2.45, 2.75) is 65.0 Å². The Bertz CT molecular complexity index is 844. The molecule has 0 radical (unpaired) electrons. The summed E-state index contributed by atoms with van der Waals surface area (Å²) >= 11 is 0. The Kier molecular flexibility index (Phi) is 7.77. The number of ether oxygens (including phenoxy) is 2. The number of nitrogens with zero attached hydrogens (tertiary/aromatic N) is 1. The highest BCUT2D eigenvalue weighted by atomic mass is 16.5. The summed E-state index contributed by atoms with van der Waals surface area (Å²) < 4.78 is 11.4. The molecule has 1 aliphatic rings. The average molecular weight is 424 g/mol. The predicted molar refractivity (Wildman–Crippen MR) is 125 cm³/mol. The number of hydrogen-bond acceptors (Lipinski definition) is 3. The molecule has 2 atom stereocenters. The number of carbonyl (C=O) groups excluding carboxylic acids is 1. The molecule has 31 heavy (non-hydrogen) atoms. The first kappa shape index (κ1) is 23.3. The SMILES string of the molecule is COc1ccc(CN(CC[C@]2(c3ccc(C)cc3)CCO[C@@H](C(C)C)C2)C(C)=O)cc1. The van der Waals surface area contributed by atoms with Crippen LogP contribution in [-0.2, 0) is 21.5 Å². The lowest BCUT2D eigenvalue weighted by atomic mass is 9.68. The smallest absolute Gasteiger partial charge is 0.219 e. The van der Waals surface area contributed by atoms with Crippen LogP contribution in [0.25, 0.3) is 0 Å². The lowest BCUT2D eigenvalue weighted by molar-refractivity contribution is -0.130. The number of hydrogen-bond donors (Lipinski definition) is 0. The fraction of sp³-hybridized carbons (Fsp3) is 0.519. The van der Waals surface area contributed by atoms with Crippen molar-refractivity contribution >= 4 is 5.91 Å².